The van der Waals surface area contributed by atoms with E-state index in [0.717, 1.165) is 10.9 Å². The second kappa shape index (κ2) is 2.80. The van der Waals surface area contributed by atoms with Crippen LogP contribution in [-0.4, -0.2) is 9.78 Å². The number of hydrogen-bond acceptors (Lipinski definition) is 1. The largest absolute Gasteiger partial charge is 0.268 e. The first-order chi connectivity index (χ1) is 6.18. The van der Waals surface area contributed by atoms with Gasteiger partial charge in [0.05, 0.1) is 11.7 Å². The van der Waals surface area contributed by atoms with E-state index in [1.165, 1.54) is 12.1 Å². The molecule has 1 heterocycles. The molecule has 0 aliphatic rings. The molecule has 0 atom stereocenters. The van der Waals surface area contributed by atoms with E-state index in [-0.39, 0.29) is 5.56 Å². The number of rotatable bonds is 1. The van der Waals surface area contributed by atoms with Gasteiger partial charge in [0.2, 0.25) is 0 Å². The minimum atomic E-state index is -2.41. The molecule has 0 aliphatic heterocycles. The highest BCUT2D eigenvalue weighted by Gasteiger charge is 2.08. The fourth-order valence-electron chi connectivity index (χ4n) is 1.32. The maximum Gasteiger partial charge on any atom is 0.263 e. The number of benzene rings is 1. The van der Waals surface area contributed by atoms with Crippen LogP contribution in [0.25, 0.3) is 10.9 Å². The number of nitrogens with zero attached hydrogens (tertiary/aromatic N) is 2. The summed E-state index contributed by atoms with van der Waals surface area (Å²) < 4.78 is 26.2. The Kier molecular flexibility index (Phi) is 1.76. The SMILES string of the molecule is Cn1ncc2cc(C(F)F)ccc21. The van der Waals surface area contributed by atoms with Gasteiger partial charge in [-0.2, -0.15) is 5.10 Å². The van der Waals surface area contributed by atoms with Crippen molar-refractivity contribution in [2.24, 2.45) is 7.05 Å². The number of hydrogen-bond donors (Lipinski definition) is 0. The lowest BCUT2D eigenvalue weighted by Gasteiger charge is -1.99. The van der Waals surface area contributed by atoms with Gasteiger partial charge in [-0.15, -0.1) is 0 Å². The Balaban J connectivity index is 2.63. The van der Waals surface area contributed by atoms with E-state index in [4.69, 9.17) is 0 Å². The minimum Gasteiger partial charge on any atom is -0.268 e. The third kappa shape index (κ3) is 1.28. The van der Waals surface area contributed by atoms with Gasteiger partial charge in [0.25, 0.3) is 6.43 Å². The predicted octanol–water partition coefficient (Wildman–Crippen LogP) is 2.51. The molecule has 0 aliphatic carbocycles. The lowest BCUT2D eigenvalue weighted by atomic mass is 10.2. The van der Waals surface area contributed by atoms with Crippen molar-refractivity contribution in [3.8, 4) is 0 Å². The molecule has 0 amide bonds. The maximum atomic E-state index is 12.3. The molecular formula is C9H8F2N2. The Bertz CT molecular complexity index is 434. The smallest absolute Gasteiger partial charge is 0.263 e. The Morgan fingerprint density at radius 3 is 2.85 bits per heavy atom. The van der Waals surface area contributed by atoms with Crippen molar-refractivity contribution in [1.82, 2.24) is 9.78 Å². The topological polar surface area (TPSA) is 17.8 Å². The molecule has 0 spiro atoms. The molecule has 1 aromatic heterocycles. The third-order valence-corrected chi connectivity index (χ3v) is 2.02. The molecule has 4 heteroatoms. The molecule has 0 unspecified atom stereocenters. The van der Waals surface area contributed by atoms with E-state index in [9.17, 15) is 8.78 Å². The fourth-order valence-corrected chi connectivity index (χ4v) is 1.32. The number of aromatic nitrogens is 2. The average Bonchev–Trinajstić information content (AvgIpc) is 2.47. The van der Waals surface area contributed by atoms with Crippen LogP contribution in [0.4, 0.5) is 8.78 Å². The van der Waals surface area contributed by atoms with Gasteiger partial charge < -0.3 is 0 Å². The van der Waals surface area contributed by atoms with Gasteiger partial charge in [0.1, 0.15) is 0 Å². The second-order valence-electron chi connectivity index (χ2n) is 2.89. The zero-order valence-electron chi connectivity index (χ0n) is 7.04. The van der Waals surface area contributed by atoms with Crippen molar-refractivity contribution in [1.29, 1.82) is 0 Å². The summed E-state index contributed by atoms with van der Waals surface area (Å²) in [7, 11) is 1.78. The number of fused-ring (bicyclic) bond motifs is 1. The molecule has 13 heavy (non-hydrogen) atoms. The van der Waals surface area contributed by atoms with Gasteiger partial charge in [-0.25, -0.2) is 8.78 Å². The van der Waals surface area contributed by atoms with E-state index >= 15 is 0 Å². The molecule has 0 bridgehead atoms. The van der Waals surface area contributed by atoms with Crippen LogP contribution in [0.15, 0.2) is 24.4 Å². The Labute approximate surface area is 73.8 Å². The van der Waals surface area contributed by atoms with E-state index in [0.29, 0.717) is 0 Å². The van der Waals surface area contributed by atoms with Gasteiger partial charge in [0.15, 0.2) is 0 Å². The van der Waals surface area contributed by atoms with Gasteiger partial charge in [-0.1, -0.05) is 6.07 Å². The summed E-state index contributed by atoms with van der Waals surface area (Å²) in [4.78, 5) is 0. The molecule has 2 rings (SSSR count). The molecular weight excluding hydrogens is 174 g/mol. The predicted molar refractivity (Wildman–Crippen MR) is 45.7 cm³/mol. The highest BCUT2D eigenvalue weighted by molar-refractivity contribution is 5.79. The van der Waals surface area contributed by atoms with Gasteiger partial charge in [-0.05, 0) is 12.1 Å². The average molecular weight is 182 g/mol. The molecule has 68 valence electrons. The summed E-state index contributed by atoms with van der Waals surface area (Å²) in [6.07, 6.45) is -0.828. The van der Waals surface area contributed by atoms with Crippen molar-refractivity contribution in [2.75, 3.05) is 0 Å². The monoisotopic (exact) mass is 182 g/mol. The molecule has 0 N–H and O–H groups in total. The maximum absolute atomic E-state index is 12.3. The summed E-state index contributed by atoms with van der Waals surface area (Å²) in [5.74, 6) is 0. The van der Waals surface area contributed by atoms with Crippen LogP contribution in [0.1, 0.15) is 12.0 Å². The first-order valence-electron chi connectivity index (χ1n) is 3.88. The standard InChI is InChI=1S/C9H8F2N2/c1-13-8-3-2-6(9(10)11)4-7(8)5-12-13/h2-5,9H,1H3. The lowest BCUT2D eigenvalue weighted by Crippen LogP contribution is -1.89. The van der Waals surface area contributed by atoms with Gasteiger partial charge in [0, 0.05) is 18.0 Å². The molecule has 0 saturated heterocycles. The Morgan fingerprint density at radius 2 is 2.15 bits per heavy atom. The van der Waals surface area contributed by atoms with Crippen LogP contribution >= 0.6 is 0 Å². The summed E-state index contributed by atoms with van der Waals surface area (Å²) in [6, 6.07) is 4.55. The zero-order valence-corrected chi connectivity index (χ0v) is 7.04. The third-order valence-electron chi connectivity index (χ3n) is 2.02. The number of halogens is 2. The first-order valence-corrected chi connectivity index (χ1v) is 3.88. The Morgan fingerprint density at radius 1 is 1.38 bits per heavy atom. The Hall–Kier alpha value is -1.45. The highest BCUT2D eigenvalue weighted by Crippen LogP contribution is 2.22. The van der Waals surface area contributed by atoms with E-state index in [2.05, 4.69) is 5.10 Å². The second-order valence-corrected chi connectivity index (χ2v) is 2.89. The van der Waals surface area contributed by atoms with Crippen LogP contribution in [0.2, 0.25) is 0 Å². The number of alkyl halides is 2. The molecule has 0 fully saturated rings. The summed E-state index contributed by atoms with van der Waals surface area (Å²) >= 11 is 0. The van der Waals surface area contributed by atoms with E-state index in [1.807, 2.05) is 0 Å². The molecule has 0 radical (unpaired) electrons. The summed E-state index contributed by atoms with van der Waals surface area (Å²) in [5.41, 5.74) is 0.907. The van der Waals surface area contributed by atoms with Gasteiger partial charge >= 0.3 is 0 Å². The molecule has 2 nitrogen and oxygen atoms in total. The van der Waals surface area contributed by atoms with Crippen molar-refractivity contribution in [3.05, 3.63) is 30.0 Å². The minimum absolute atomic E-state index is 0.0421. The van der Waals surface area contributed by atoms with Crippen LogP contribution in [-0.2, 0) is 7.05 Å². The fraction of sp³-hybridized carbons (Fsp3) is 0.222. The van der Waals surface area contributed by atoms with Crippen molar-refractivity contribution < 1.29 is 8.78 Å². The zero-order chi connectivity index (χ0) is 9.42. The van der Waals surface area contributed by atoms with E-state index < -0.39 is 6.43 Å². The highest BCUT2D eigenvalue weighted by atomic mass is 19.3. The van der Waals surface area contributed by atoms with Crippen LogP contribution in [0.5, 0.6) is 0 Å². The molecule has 2 aromatic rings. The normalized spacial score (nSPS) is 11.4. The van der Waals surface area contributed by atoms with Crippen LogP contribution < -0.4 is 0 Å². The number of aryl methyl sites for hydroxylation is 1. The van der Waals surface area contributed by atoms with Crippen molar-refractivity contribution in [2.45, 2.75) is 6.43 Å². The van der Waals surface area contributed by atoms with Crippen molar-refractivity contribution in [3.63, 3.8) is 0 Å². The van der Waals surface area contributed by atoms with Gasteiger partial charge in [-0.3, -0.25) is 4.68 Å². The lowest BCUT2D eigenvalue weighted by molar-refractivity contribution is 0.151. The summed E-state index contributed by atoms with van der Waals surface area (Å²) in [6.45, 7) is 0. The van der Waals surface area contributed by atoms with E-state index in [1.54, 1.807) is 24.0 Å². The van der Waals surface area contributed by atoms with Crippen molar-refractivity contribution >= 4 is 10.9 Å². The molecule has 1 aromatic carbocycles. The van der Waals surface area contributed by atoms with Crippen LogP contribution in [0, 0.1) is 0 Å². The van der Waals surface area contributed by atoms with Crippen LogP contribution in [0.3, 0.4) is 0 Å². The summed E-state index contributed by atoms with van der Waals surface area (Å²) in [5, 5.41) is 4.72. The first kappa shape index (κ1) is 8.16. The molecule has 0 saturated carbocycles. The quantitative estimate of drug-likeness (QED) is 0.662.